The number of nitrogens with zero attached hydrogens (tertiary/aromatic N) is 3. The van der Waals surface area contributed by atoms with Crippen molar-refractivity contribution in [1.29, 1.82) is 0 Å². The van der Waals surface area contributed by atoms with Crippen LogP contribution < -0.4 is 54.0 Å². The van der Waals surface area contributed by atoms with Gasteiger partial charge in [0.25, 0.3) is 0 Å². The molecular weight excluding hydrogens is 903 g/mol. The van der Waals surface area contributed by atoms with Crippen LogP contribution in [0.2, 0.25) is 0 Å². The molecule has 1 aliphatic rings. The Morgan fingerprint density at radius 3 is 1.71 bits per heavy atom. The molecule has 10 atom stereocenters. The predicted octanol–water partition coefficient (Wildman–Crippen LogP) is -4.21. The Hall–Kier alpha value is -6.11. The summed E-state index contributed by atoms with van der Waals surface area (Å²) >= 11 is 0. The number of carbonyl (C=O) groups is 10. The smallest absolute Gasteiger partial charge is 0.245 e. The molecule has 0 spiro atoms. The van der Waals surface area contributed by atoms with E-state index in [4.69, 9.17) is 11.5 Å². The van der Waals surface area contributed by atoms with Crippen LogP contribution in [0.5, 0.6) is 0 Å². The third kappa shape index (κ3) is 20.2. The number of aliphatic hydroxyl groups is 2. The van der Waals surface area contributed by atoms with Crippen molar-refractivity contribution >= 4 is 65.0 Å². The Labute approximate surface area is 404 Å². The molecular formula is C44H79N13O12. The van der Waals surface area contributed by atoms with E-state index in [1.54, 1.807) is 48.5 Å². The van der Waals surface area contributed by atoms with E-state index in [-0.39, 0.29) is 50.2 Å². The van der Waals surface area contributed by atoms with Crippen molar-refractivity contribution in [3.63, 3.8) is 0 Å². The fraction of sp³-hybridized carbons (Fsp3) is 0.750. The van der Waals surface area contributed by atoms with Crippen LogP contribution in [0, 0.1) is 17.8 Å². The number of nitrogens with one attached hydrogen (secondary N) is 8. The molecule has 0 aliphatic carbocycles. The molecule has 0 saturated carbocycles. The van der Waals surface area contributed by atoms with Gasteiger partial charge in [-0.25, -0.2) is 0 Å². The van der Waals surface area contributed by atoms with E-state index in [1.807, 2.05) is 0 Å². The van der Waals surface area contributed by atoms with Gasteiger partial charge in [-0.1, -0.05) is 54.4 Å². The fourth-order valence-electron chi connectivity index (χ4n) is 7.14. The number of rotatable bonds is 29. The summed E-state index contributed by atoms with van der Waals surface area (Å²) in [5.74, 6) is -8.86. The van der Waals surface area contributed by atoms with Gasteiger partial charge >= 0.3 is 0 Å². The van der Waals surface area contributed by atoms with Crippen molar-refractivity contribution in [3.05, 3.63) is 0 Å². The highest BCUT2D eigenvalue weighted by Gasteiger charge is 2.40. The molecule has 10 amide bonds. The van der Waals surface area contributed by atoms with E-state index in [0.717, 1.165) is 4.90 Å². The van der Waals surface area contributed by atoms with E-state index in [0.29, 0.717) is 32.2 Å². The minimum Gasteiger partial charge on any atom is -0.394 e. The molecule has 0 unspecified atom stereocenters. The lowest BCUT2D eigenvalue weighted by atomic mass is 9.96. The Morgan fingerprint density at radius 1 is 0.710 bits per heavy atom. The Balaban J connectivity index is 3.25. The maximum Gasteiger partial charge on any atom is 0.245 e. The van der Waals surface area contributed by atoms with Crippen LogP contribution in [0.25, 0.3) is 0 Å². The van der Waals surface area contributed by atoms with E-state index in [9.17, 15) is 58.2 Å². The lowest BCUT2D eigenvalue weighted by Gasteiger charge is -2.32. The van der Waals surface area contributed by atoms with Crippen molar-refractivity contribution in [2.75, 3.05) is 46.4 Å². The standard InChI is InChI=1S/C44H79N13O12/c1-11-24(6)34(40(66)50-28(16-14-18-48-44(45)46)43(69)57-19-15-17-30(57)38(64)47-13-3)54-42(68)36(26(8)59)55-37(63)29(22-58)51-41(67)35(25(7)12-2)53-39(65)33(23(4)5)52-31(61)20-49-32(62)21-56(10)27(9)60/h23-26,28-30,33-36,58-59H,11-22H2,1-10H3,(H,47,64)(H,49,62)(H,50,66)(H,51,67)(H,52,61)(H,53,65)(H,54,68)(H,55,63)(H4,45,46,48)/t24-,25+,26+,28-,29-,30-,33-,34-,35+,36-/m0/s1. The molecule has 25 nitrogen and oxygen atoms in total. The minimum absolute atomic E-state index is 0.0716. The molecule has 0 aromatic carbocycles. The first-order chi connectivity index (χ1) is 32.3. The van der Waals surface area contributed by atoms with Crippen molar-refractivity contribution in [2.24, 2.45) is 34.2 Å². The molecule has 392 valence electrons. The number of aliphatic imine (C=N–C) groups is 1. The second kappa shape index (κ2) is 30.4. The largest absolute Gasteiger partial charge is 0.394 e. The third-order valence-electron chi connectivity index (χ3n) is 11.8. The number of hydrogen-bond acceptors (Lipinski definition) is 13. The lowest BCUT2D eigenvalue weighted by Crippen LogP contribution is -2.63. The zero-order valence-electron chi connectivity index (χ0n) is 41.8. The monoisotopic (exact) mass is 982 g/mol. The fourth-order valence-corrected chi connectivity index (χ4v) is 7.14. The molecule has 25 heteroatoms. The number of amides is 10. The van der Waals surface area contributed by atoms with Crippen LogP contribution in [0.15, 0.2) is 4.99 Å². The average Bonchev–Trinajstić information content (AvgIpc) is 3.79. The zero-order chi connectivity index (χ0) is 52.7. The Morgan fingerprint density at radius 2 is 1.23 bits per heavy atom. The highest BCUT2D eigenvalue weighted by Crippen LogP contribution is 2.20. The molecule has 0 aromatic rings. The number of carbonyl (C=O) groups excluding carboxylic acids is 10. The van der Waals surface area contributed by atoms with Crippen LogP contribution in [-0.2, 0) is 47.9 Å². The number of likely N-dealkylation sites (N-methyl/N-ethyl adjacent to an activating group) is 2. The molecule has 1 saturated heterocycles. The summed E-state index contributed by atoms with van der Waals surface area (Å²) < 4.78 is 0. The van der Waals surface area contributed by atoms with E-state index in [1.165, 1.54) is 25.8 Å². The first-order valence-corrected chi connectivity index (χ1v) is 23.6. The van der Waals surface area contributed by atoms with Crippen molar-refractivity contribution < 1.29 is 58.2 Å². The van der Waals surface area contributed by atoms with Crippen molar-refractivity contribution in [3.8, 4) is 0 Å². The summed E-state index contributed by atoms with van der Waals surface area (Å²) in [5, 5.41) is 41.3. The summed E-state index contributed by atoms with van der Waals surface area (Å²) in [4.78, 5) is 139. The number of aliphatic hydroxyl groups excluding tert-OH is 2. The SMILES string of the molecule is CCNC(=O)[C@@H]1CCCN1C(=O)[C@H](CCCN=C(N)N)NC(=O)[C@@H](NC(=O)[C@@H](NC(=O)[C@H](CO)NC(=O)[C@H](NC(=O)[C@@H](NC(=O)CNC(=O)CN(C)C(C)=O)C(C)C)[C@H](C)CC)[C@@H](C)O)[C@@H](C)CC. The van der Waals surface area contributed by atoms with Crippen LogP contribution in [0.3, 0.4) is 0 Å². The van der Waals surface area contributed by atoms with E-state index in [2.05, 4.69) is 47.5 Å². The molecule has 0 bridgehead atoms. The van der Waals surface area contributed by atoms with Gasteiger partial charge in [0.05, 0.1) is 25.8 Å². The summed E-state index contributed by atoms with van der Waals surface area (Å²) in [6, 6.07) is -9.15. The second-order valence-electron chi connectivity index (χ2n) is 17.7. The van der Waals surface area contributed by atoms with Crippen LogP contribution in [0.4, 0.5) is 0 Å². The van der Waals surface area contributed by atoms with Gasteiger partial charge in [-0.05, 0) is 57.3 Å². The van der Waals surface area contributed by atoms with Gasteiger partial charge in [-0.2, -0.15) is 0 Å². The van der Waals surface area contributed by atoms with Crippen LogP contribution >= 0.6 is 0 Å². The first kappa shape index (κ1) is 60.9. The molecule has 14 N–H and O–H groups in total. The molecule has 1 rings (SSSR count). The quantitative estimate of drug-likeness (QED) is 0.0192. The lowest BCUT2D eigenvalue weighted by molar-refractivity contribution is -0.142. The highest BCUT2D eigenvalue weighted by atomic mass is 16.3. The zero-order valence-corrected chi connectivity index (χ0v) is 41.8. The summed E-state index contributed by atoms with van der Waals surface area (Å²) in [7, 11) is 1.41. The topological polar surface area (TPSA) is 378 Å². The highest BCUT2D eigenvalue weighted by molar-refractivity contribution is 5.98. The third-order valence-corrected chi connectivity index (χ3v) is 11.8. The van der Waals surface area contributed by atoms with Gasteiger partial charge in [-0.3, -0.25) is 52.9 Å². The Bertz CT molecular complexity index is 1810. The van der Waals surface area contributed by atoms with Gasteiger partial charge < -0.3 is 74.0 Å². The second-order valence-corrected chi connectivity index (χ2v) is 17.7. The number of nitrogens with two attached hydrogens (primary N) is 2. The van der Waals surface area contributed by atoms with Gasteiger partial charge in [-0.15, -0.1) is 0 Å². The summed E-state index contributed by atoms with van der Waals surface area (Å²) in [5.41, 5.74) is 10.9. The summed E-state index contributed by atoms with van der Waals surface area (Å²) in [6.45, 7) is 13.3. The normalized spacial score (nSPS) is 17.2. The molecule has 0 aromatic heterocycles. The van der Waals surface area contributed by atoms with E-state index < -0.39 is 127 Å². The van der Waals surface area contributed by atoms with Gasteiger partial charge in [0.15, 0.2) is 5.96 Å². The van der Waals surface area contributed by atoms with Gasteiger partial charge in [0, 0.05) is 33.6 Å². The van der Waals surface area contributed by atoms with Crippen LogP contribution in [-0.4, -0.2) is 180 Å². The minimum atomic E-state index is -1.73. The Kier molecular flexibility index (Phi) is 26.8. The van der Waals surface area contributed by atoms with Gasteiger partial charge in [0.2, 0.25) is 59.1 Å². The predicted molar refractivity (Wildman–Crippen MR) is 254 cm³/mol. The maximum atomic E-state index is 14.1. The van der Waals surface area contributed by atoms with E-state index >= 15 is 0 Å². The molecule has 1 aliphatic heterocycles. The maximum absolute atomic E-state index is 14.1. The molecule has 1 heterocycles. The summed E-state index contributed by atoms with van der Waals surface area (Å²) in [6.07, 6.45) is 0.447. The molecule has 1 fully saturated rings. The number of likely N-dealkylation sites (tertiary alicyclic amines) is 1. The number of guanidine groups is 1. The number of hydrogen-bond donors (Lipinski definition) is 12. The van der Waals surface area contributed by atoms with Gasteiger partial charge in [0.1, 0.15) is 42.3 Å². The van der Waals surface area contributed by atoms with Crippen molar-refractivity contribution in [2.45, 2.75) is 149 Å². The van der Waals surface area contributed by atoms with Crippen molar-refractivity contribution in [1.82, 2.24) is 52.3 Å². The average molecular weight is 982 g/mol. The van der Waals surface area contributed by atoms with Crippen LogP contribution in [0.1, 0.15) is 101 Å². The molecule has 0 radical (unpaired) electrons. The molecule has 69 heavy (non-hydrogen) atoms. The first-order valence-electron chi connectivity index (χ1n) is 23.6.